The number of nitrogens with zero attached hydrogens (tertiary/aromatic N) is 5. The summed E-state index contributed by atoms with van der Waals surface area (Å²) in [6.45, 7) is 14.5. The van der Waals surface area contributed by atoms with Crippen molar-refractivity contribution in [2.45, 2.75) is 58.5 Å². The van der Waals surface area contributed by atoms with E-state index >= 15 is 0 Å². The average molecular weight is 542 g/mol. The van der Waals surface area contributed by atoms with E-state index in [0.29, 0.717) is 19.0 Å². The average Bonchev–Trinajstić information content (AvgIpc) is 3.27. The Bertz CT molecular complexity index is 1300. The number of piperazine rings is 1. The number of halogens is 1. The molecule has 0 bridgehead atoms. The number of aryl methyl sites for hydroxylation is 1. The minimum Gasteiger partial charge on any atom is -0.354 e. The smallest absolute Gasteiger partial charge is 0.243 e. The van der Waals surface area contributed by atoms with Gasteiger partial charge in [-0.25, -0.2) is 17.5 Å². The van der Waals surface area contributed by atoms with E-state index in [9.17, 15) is 12.8 Å². The molecule has 1 aliphatic rings. The van der Waals surface area contributed by atoms with Crippen molar-refractivity contribution in [2.75, 3.05) is 37.6 Å². The maximum atomic E-state index is 13.8. The van der Waals surface area contributed by atoms with Crippen molar-refractivity contribution >= 4 is 15.8 Å². The van der Waals surface area contributed by atoms with Crippen molar-refractivity contribution in [3.8, 4) is 5.69 Å². The minimum atomic E-state index is -3.73. The van der Waals surface area contributed by atoms with Gasteiger partial charge in [0, 0.05) is 50.9 Å². The standard InChI is InChI=1S/C29H40FN5O2S/c1-6-28-27(21-34(20-22(2)3)38(36,37)26-10-8-7-9-11-26)29(33-18-16-32(17-19-33)23(4)5)35(31-28)25-14-12-24(30)13-15-25/h7-15,22-23H,6,16-21H2,1-5H3. The third-order valence-corrected chi connectivity index (χ3v) is 8.90. The zero-order valence-corrected chi connectivity index (χ0v) is 24.0. The van der Waals surface area contributed by atoms with Gasteiger partial charge < -0.3 is 4.90 Å². The first-order valence-electron chi connectivity index (χ1n) is 13.5. The minimum absolute atomic E-state index is 0.142. The van der Waals surface area contributed by atoms with E-state index in [4.69, 9.17) is 5.10 Å². The van der Waals surface area contributed by atoms with Crippen LogP contribution in [-0.2, 0) is 23.0 Å². The predicted octanol–water partition coefficient (Wildman–Crippen LogP) is 4.95. The van der Waals surface area contributed by atoms with Crippen LogP contribution >= 0.6 is 0 Å². The molecule has 0 spiro atoms. The summed E-state index contributed by atoms with van der Waals surface area (Å²) in [6.07, 6.45) is 0.656. The lowest BCUT2D eigenvalue weighted by atomic mass is 10.1. The molecular weight excluding hydrogens is 501 g/mol. The Hall–Kier alpha value is -2.75. The number of rotatable bonds is 10. The van der Waals surface area contributed by atoms with Crippen molar-refractivity contribution in [3.05, 3.63) is 71.7 Å². The molecule has 0 radical (unpaired) electrons. The Labute approximate surface area is 226 Å². The van der Waals surface area contributed by atoms with Crippen LogP contribution in [-0.4, -0.2) is 66.2 Å². The first-order chi connectivity index (χ1) is 18.1. The molecule has 9 heteroatoms. The Morgan fingerprint density at radius 2 is 1.58 bits per heavy atom. The molecule has 206 valence electrons. The summed E-state index contributed by atoms with van der Waals surface area (Å²) < 4.78 is 44.9. The number of sulfonamides is 1. The summed E-state index contributed by atoms with van der Waals surface area (Å²) in [6, 6.07) is 15.4. The molecule has 1 aromatic heterocycles. The maximum absolute atomic E-state index is 13.8. The van der Waals surface area contributed by atoms with Crippen molar-refractivity contribution in [2.24, 2.45) is 5.92 Å². The molecule has 0 N–H and O–H groups in total. The van der Waals surface area contributed by atoms with Crippen LogP contribution in [0.2, 0.25) is 0 Å². The Kier molecular flexibility index (Phi) is 8.90. The van der Waals surface area contributed by atoms with E-state index in [2.05, 4.69) is 23.6 Å². The highest BCUT2D eigenvalue weighted by Crippen LogP contribution is 2.32. The normalized spacial score (nSPS) is 15.2. The maximum Gasteiger partial charge on any atom is 0.243 e. The van der Waals surface area contributed by atoms with Gasteiger partial charge in [-0.1, -0.05) is 39.0 Å². The SMILES string of the molecule is CCc1nn(-c2ccc(F)cc2)c(N2CCN(C(C)C)CC2)c1CN(CC(C)C)S(=O)(=O)c1ccccc1. The van der Waals surface area contributed by atoms with Crippen LogP contribution in [0.15, 0.2) is 59.5 Å². The Morgan fingerprint density at radius 3 is 2.13 bits per heavy atom. The van der Waals surface area contributed by atoms with Crippen LogP contribution in [0.1, 0.15) is 45.9 Å². The van der Waals surface area contributed by atoms with Crippen LogP contribution in [0.4, 0.5) is 10.2 Å². The first kappa shape index (κ1) is 28.3. The Balaban J connectivity index is 1.82. The molecule has 1 fully saturated rings. The molecule has 0 unspecified atom stereocenters. The van der Waals surface area contributed by atoms with Crippen molar-refractivity contribution in [1.82, 2.24) is 19.0 Å². The van der Waals surface area contributed by atoms with Crippen LogP contribution in [0, 0.1) is 11.7 Å². The lowest BCUT2D eigenvalue weighted by Crippen LogP contribution is -2.49. The zero-order chi connectivity index (χ0) is 27.4. The van der Waals surface area contributed by atoms with Crippen molar-refractivity contribution in [3.63, 3.8) is 0 Å². The fraction of sp³-hybridized carbons (Fsp3) is 0.483. The van der Waals surface area contributed by atoms with Gasteiger partial charge >= 0.3 is 0 Å². The molecule has 2 heterocycles. The van der Waals surface area contributed by atoms with Gasteiger partial charge in [-0.2, -0.15) is 9.40 Å². The van der Waals surface area contributed by atoms with Crippen molar-refractivity contribution in [1.29, 1.82) is 0 Å². The van der Waals surface area contributed by atoms with Gasteiger partial charge in [0.15, 0.2) is 0 Å². The summed E-state index contributed by atoms with van der Waals surface area (Å²) in [4.78, 5) is 5.05. The van der Waals surface area contributed by atoms with Crippen molar-refractivity contribution < 1.29 is 12.8 Å². The Morgan fingerprint density at radius 1 is 0.947 bits per heavy atom. The monoisotopic (exact) mass is 541 g/mol. The molecular formula is C29H40FN5O2S. The van der Waals surface area contributed by atoms with Gasteiger partial charge in [0.25, 0.3) is 0 Å². The van der Waals surface area contributed by atoms with E-state index in [0.717, 1.165) is 48.9 Å². The fourth-order valence-corrected chi connectivity index (χ4v) is 6.63. The molecule has 0 aliphatic carbocycles. The molecule has 7 nitrogen and oxygen atoms in total. The second-order valence-corrected chi connectivity index (χ2v) is 12.5. The van der Waals surface area contributed by atoms with Crippen LogP contribution < -0.4 is 4.90 Å². The van der Waals surface area contributed by atoms with Crippen LogP contribution in [0.3, 0.4) is 0 Å². The summed E-state index contributed by atoms with van der Waals surface area (Å²) >= 11 is 0. The fourth-order valence-electron chi connectivity index (χ4n) is 5.04. The summed E-state index contributed by atoms with van der Waals surface area (Å²) in [5, 5.41) is 4.96. The van der Waals surface area contributed by atoms with E-state index in [1.807, 2.05) is 31.5 Å². The van der Waals surface area contributed by atoms with E-state index in [1.165, 1.54) is 12.1 Å². The van der Waals surface area contributed by atoms with E-state index < -0.39 is 10.0 Å². The third-order valence-electron chi connectivity index (χ3n) is 7.07. The number of aromatic nitrogens is 2. The van der Waals surface area contributed by atoms with E-state index in [-0.39, 0.29) is 23.2 Å². The highest BCUT2D eigenvalue weighted by molar-refractivity contribution is 7.89. The summed E-state index contributed by atoms with van der Waals surface area (Å²) in [5.74, 6) is 0.735. The van der Waals surface area contributed by atoms with E-state index in [1.54, 1.807) is 40.7 Å². The molecule has 0 saturated carbocycles. The van der Waals surface area contributed by atoms with Crippen LogP contribution in [0.25, 0.3) is 5.69 Å². The lowest BCUT2D eigenvalue weighted by Gasteiger charge is -2.38. The quantitative estimate of drug-likeness (QED) is 0.364. The predicted molar refractivity (Wildman–Crippen MR) is 151 cm³/mol. The molecule has 3 aromatic rings. The third kappa shape index (κ3) is 6.11. The van der Waals surface area contributed by atoms with Gasteiger partial charge in [0.05, 0.1) is 16.3 Å². The molecule has 38 heavy (non-hydrogen) atoms. The van der Waals surface area contributed by atoms with Gasteiger partial charge in [-0.05, 0) is 62.6 Å². The van der Waals surface area contributed by atoms with Gasteiger partial charge in [0.1, 0.15) is 11.6 Å². The largest absolute Gasteiger partial charge is 0.354 e. The number of anilines is 1. The molecule has 1 saturated heterocycles. The molecule has 2 aromatic carbocycles. The summed E-state index contributed by atoms with van der Waals surface area (Å²) in [5.41, 5.74) is 2.53. The van der Waals surface area contributed by atoms with Gasteiger partial charge in [0.2, 0.25) is 10.0 Å². The molecule has 0 amide bonds. The number of hydrogen-bond donors (Lipinski definition) is 0. The first-order valence-corrected chi connectivity index (χ1v) is 15.0. The highest BCUT2D eigenvalue weighted by Gasteiger charge is 2.32. The topological polar surface area (TPSA) is 61.7 Å². The molecule has 1 aliphatic heterocycles. The second-order valence-electron chi connectivity index (χ2n) is 10.6. The molecule has 4 rings (SSSR count). The second kappa shape index (κ2) is 12.0. The zero-order valence-electron chi connectivity index (χ0n) is 23.1. The number of benzene rings is 2. The van der Waals surface area contributed by atoms with Gasteiger partial charge in [-0.15, -0.1) is 0 Å². The highest BCUT2D eigenvalue weighted by atomic mass is 32.2. The number of hydrogen-bond acceptors (Lipinski definition) is 5. The van der Waals surface area contributed by atoms with Crippen LogP contribution in [0.5, 0.6) is 0 Å². The lowest BCUT2D eigenvalue weighted by molar-refractivity contribution is 0.208. The summed E-state index contributed by atoms with van der Waals surface area (Å²) in [7, 11) is -3.73. The molecule has 0 atom stereocenters. The van der Waals surface area contributed by atoms with Gasteiger partial charge in [-0.3, -0.25) is 4.90 Å².